The molecule has 3 aromatic carbocycles. The van der Waals surface area contributed by atoms with Crippen LogP contribution in [0.5, 0.6) is 5.75 Å². The number of benzene rings is 3. The van der Waals surface area contributed by atoms with E-state index in [4.69, 9.17) is 27.9 Å². The van der Waals surface area contributed by atoms with Crippen LogP contribution in [0.25, 0.3) is 0 Å². The van der Waals surface area contributed by atoms with Crippen LogP contribution in [-0.2, 0) is 9.59 Å². The SMILES string of the molecule is C=C[C@H](c1cccc(Cl)c1)[C@@H](c1ccc(Cl)cc1)N(CCC(=O)Oc1ccccc1)C(C)=O. The lowest BCUT2D eigenvalue weighted by Crippen LogP contribution is -2.38. The summed E-state index contributed by atoms with van der Waals surface area (Å²) in [6.07, 6.45) is 1.83. The van der Waals surface area contributed by atoms with Gasteiger partial charge in [0.2, 0.25) is 5.91 Å². The lowest BCUT2D eigenvalue weighted by molar-refractivity contribution is -0.137. The van der Waals surface area contributed by atoms with Gasteiger partial charge >= 0.3 is 5.97 Å². The first-order valence-electron chi connectivity index (χ1n) is 10.6. The normalized spacial score (nSPS) is 12.5. The summed E-state index contributed by atoms with van der Waals surface area (Å²) >= 11 is 12.4. The molecule has 0 saturated heterocycles. The van der Waals surface area contributed by atoms with Crippen molar-refractivity contribution in [3.63, 3.8) is 0 Å². The third-order valence-electron chi connectivity index (χ3n) is 5.31. The van der Waals surface area contributed by atoms with Gasteiger partial charge in [0, 0.05) is 29.4 Å². The monoisotopic (exact) mass is 481 g/mol. The lowest BCUT2D eigenvalue weighted by atomic mass is 9.85. The Hall–Kier alpha value is -3.08. The first-order valence-corrected chi connectivity index (χ1v) is 11.3. The topological polar surface area (TPSA) is 46.6 Å². The van der Waals surface area contributed by atoms with Gasteiger partial charge in [-0.15, -0.1) is 6.58 Å². The quantitative estimate of drug-likeness (QED) is 0.190. The summed E-state index contributed by atoms with van der Waals surface area (Å²) in [5.74, 6) is -0.385. The fourth-order valence-electron chi connectivity index (χ4n) is 3.78. The van der Waals surface area contributed by atoms with Gasteiger partial charge in [-0.3, -0.25) is 9.59 Å². The van der Waals surface area contributed by atoms with Crippen molar-refractivity contribution >= 4 is 35.1 Å². The predicted molar refractivity (Wildman–Crippen MR) is 133 cm³/mol. The van der Waals surface area contributed by atoms with Gasteiger partial charge in [0.15, 0.2) is 0 Å². The van der Waals surface area contributed by atoms with Crippen LogP contribution in [-0.4, -0.2) is 23.3 Å². The zero-order valence-corrected chi connectivity index (χ0v) is 19.8. The average Bonchev–Trinajstić information content (AvgIpc) is 2.80. The minimum atomic E-state index is -0.416. The van der Waals surface area contributed by atoms with E-state index >= 15 is 0 Å². The Morgan fingerprint density at radius 2 is 1.64 bits per heavy atom. The first kappa shape index (κ1) is 24.6. The van der Waals surface area contributed by atoms with Crippen LogP contribution in [0.3, 0.4) is 0 Å². The summed E-state index contributed by atoms with van der Waals surface area (Å²) < 4.78 is 5.40. The van der Waals surface area contributed by atoms with Crippen molar-refractivity contribution in [2.24, 2.45) is 0 Å². The molecular formula is C27H25Cl2NO3. The number of nitrogens with zero attached hydrogens (tertiary/aromatic N) is 1. The van der Waals surface area contributed by atoms with Gasteiger partial charge in [-0.2, -0.15) is 0 Å². The Morgan fingerprint density at radius 1 is 0.939 bits per heavy atom. The molecule has 3 aromatic rings. The molecule has 0 spiro atoms. The van der Waals surface area contributed by atoms with Crippen LogP contribution in [0.15, 0.2) is 91.5 Å². The lowest BCUT2D eigenvalue weighted by Gasteiger charge is -2.36. The summed E-state index contributed by atoms with van der Waals surface area (Å²) in [6, 6.07) is 23.2. The molecule has 0 aliphatic heterocycles. The van der Waals surface area contributed by atoms with E-state index in [2.05, 4.69) is 6.58 Å². The van der Waals surface area contributed by atoms with Crippen molar-refractivity contribution in [3.8, 4) is 5.75 Å². The van der Waals surface area contributed by atoms with E-state index in [9.17, 15) is 9.59 Å². The zero-order chi connectivity index (χ0) is 23.8. The second kappa shape index (κ2) is 11.7. The molecule has 0 N–H and O–H groups in total. The van der Waals surface area contributed by atoms with Crippen LogP contribution in [0.1, 0.15) is 36.4 Å². The molecular weight excluding hydrogens is 457 g/mol. The molecule has 0 unspecified atom stereocenters. The van der Waals surface area contributed by atoms with E-state index in [1.807, 2.05) is 36.4 Å². The summed E-state index contributed by atoms with van der Waals surface area (Å²) in [5.41, 5.74) is 1.78. The van der Waals surface area contributed by atoms with Gasteiger partial charge in [-0.05, 0) is 47.5 Å². The third kappa shape index (κ3) is 6.70. The van der Waals surface area contributed by atoms with E-state index in [0.29, 0.717) is 15.8 Å². The maximum absolute atomic E-state index is 12.8. The van der Waals surface area contributed by atoms with E-state index in [-0.39, 0.29) is 24.8 Å². The largest absolute Gasteiger partial charge is 0.426 e. The highest BCUT2D eigenvalue weighted by Gasteiger charge is 2.31. The standard InChI is InChI=1S/C27H25Cl2NO3/c1-3-25(21-8-7-9-23(29)18-21)27(20-12-14-22(28)15-13-20)30(19(2)31)17-16-26(32)33-24-10-5-4-6-11-24/h3-15,18,25,27H,1,16-17H2,2H3/t25-,27-/m1/s1. The molecule has 1 amide bonds. The molecule has 6 heteroatoms. The molecule has 170 valence electrons. The summed E-state index contributed by atoms with van der Waals surface area (Å²) in [4.78, 5) is 27.0. The number of esters is 1. The Morgan fingerprint density at radius 3 is 2.24 bits per heavy atom. The number of halogens is 2. The fraction of sp³-hybridized carbons (Fsp3) is 0.185. The minimum absolute atomic E-state index is 0.0397. The first-order chi connectivity index (χ1) is 15.9. The highest BCUT2D eigenvalue weighted by molar-refractivity contribution is 6.30. The van der Waals surface area contributed by atoms with E-state index in [1.165, 1.54) is 6.92 Å². The highest BCUT2D eigenvalue weighted by Crippen LogP contribution is 2.38. The van der Waals surface area contributed by atoms with Crippen molar-refractivity contribution in [2.75, 3.05) is 6.54 Å². The number of ether oxygens (including phenoxy) is 1. The van der Waals surface area contributed by atoms with Crippen LogP contribution in [0.2, 0.25) is 10.0 Å². The molecule has 0 aliphatic rings. The predicted octanol–water partition coefficient (Wildman–Crippen LogP) is 6.85. The van der Waals surface area contributed by atoms with Crippen LogP contribution in [0.4, 0.5) is 0 Å². The van der Waals surface area contributed by atoms with Gasteiger partial charge in [-0.25, -0.2) is 0 Å². The van der Waals surface area contributed by atoms with Crippen LogP contribution < -0.4 is 4.74 Å². The number of rotatable bonds is 9. The van der Waals surface area contributed by atoms with Gasteiger partial charge in [0.25, 0.3) is 0 Å². The smallest absolute Gasteiger partial charge is 0.312 e. The Kier molecular flexibility index (Phi) is 8.70. The molecule has 0 saturated carbocycles. The number of carbonyl (C=O) groups excluding carboxylic acids is 2. The number of hydrogen-bond donors (Lipinski definition) is 0. The number of hydrogen-bond acceptors (Lipinski definition) is 3. The highest BCUT2D eigenvalue weighted by atomic mass is 35.5. The number of carbonyl (C=O) groups is 2. The zero-order valence-electron chi connectivity index (χ0n) is 18.3. The average molecular weight is 482 g/mol. The molecule has 0 heterocycles. The van der Waals surface area contributed by atoms with Crippen molar-refractivity contribution in [2.45, 2.75) is 25.3 Å². The van der Waals surface area contributed by atoms with E-state index in [1.54, 1.807) is 53.4 Å². The molecule has 0 bridgehead atoms. The van der Waals surface area contributed by atoms with Crippen LogP contribution >= 0.6 is 23.2 Å². The molecule has 0 aromatic heterocycles. The van der Waals surface area contributed by atoms with Crippen LogP contribution in [0, 0.1) is 0 Å². The second-order valence-corrected chi connectivity index (χ2v) is 8.44. The van der Waals surface area contributed by atoms with Gasteiger partial charge < -0.3 is 9.64 Å². The molecule has 0 aliphatic carbocycles. The molecule has 2 atom stereocenters. The Labute approximate surface area is 204 Å². The second-order valence-electron chi connectivity index (χ2n) is 7.56. The van der Waals surface area contributed by atoms with Crippen molar-refractivity contribution in [1.82, 2.24) is 4.90 Å². The fourth-order valence-corrected chi connectivity index (χ4v) is 4.10. The van der Waals surface area contributed by atoms with Crippen molar-refractivity contribution in [1.29, 1.82) is 0 Å². The summed E-state index contributed by atoms with van der Waals surface area (Å²) in [7, 11) is 0. The molecule has 4 nitrogen and oxygen atoms in total. The number of amides is 1. The molecule has 0 fully saturated rings. The maximum Gasteiger partial charge on any atom is 0.312 e. The molecule has 33 heavy (non-hydrogen) atoms. The van der Waals surface area contributed by atoms with Gasteiger partial charge in [0.1, 0.15) is 5.75 Å². The van der Waals surface area contributed by atoms with E-state index < -0.39 is 12.0 Å². The Bertz CT molecular complexity index is 1100. The molecule has 3 rings (SSSR count). The van der Waals surface area contributed by atoms with Gasteiger partial charge in [0.05, 0.1) is 12.5 Å². The Balaban J connectivity index is 1.91. The van der Waals surface area contributed by atoms with E-state index in [0.717, 1.165) is 11.1 Å². The van der Waals surface area contributed by atoms with Crippen molar-refractivity contribution < 1.29 is 14.3 Å². The van der Waals surface area contributed by atoms with Gasteiger partial charge in [-0.1, -0.05) is 71.7 Å². The van der Waals surface area contributed by atoms with Crippen molar-refractivity contribution in [3.05, 3.63) is 113 Å². The maximum atomic E-state index is 12.8. The minimum Gasteiger partial charge on any atom is -0.426 e. The number of para-hydroxylation sites is 1. The summed E-state index contributed by atoms with van der Waals surface area (Å²) in [5, 5.41) is 1.19. The third-order valence-corrected chi connectivity index (χ3v) is 5.80. The summed E-state index contributed by atoms with van der Waals surface area (Å²) in [6.45, 7) is 5.69. The molecule has 0 radical (unpaired) electrons.